The van der Waals surface area contributed by atoms with Crippen molar-refractivity contribution in [1.82, 2.24) is 0 Å². The monoisotopic (exact) mass is 261 g/mol. The smallest absolute Gasteiger partial charge is 0.330 e. The van der Waals surface area contributed by atoms with Crippen LogP contribution >= 0.6 is 0 Å². The molecule has 1 aliphatic rings. The lowest BCUT2D eigenvalue weighted by Gasteiger charge is -2.41. The van der Waals surface area contributed by atoms with E-state index in [-0.39, 0.29) is 17.4 Å². The predicted molar refractivity (Wildman–Crippen MR) is 60.4 cm³/mol. The SMILES string of the molecule is NCC1(Cc2ccc(F)cc2C(F)(F)F)CCC1. The van der Waals surface area contributed by atoms with Gasteiger partial charge in [-0.05, 0) is 48.9 Å². The fraction of sp³-hybridized carbons (Fsp3) is 0.538. The van der Waals surface area contributed by atoms with Crippen LogP contribution in [0, 0.1) is 11.2 Å². The summed E-state index contributed by atoms with van der Waals surface area (Å²) >= 11 is 0. The molecule has 0 spiro atoms. The Morgan fingerprint density at radius 1 is 1.22 bits per heavy atom. The number of hydrogen-bond donors (Lipinski definition) is 1. The third-order valence-corrected chi connectivity index (χ3v) is 3.79. The van der Waals surface area contributed by atoms with Crippen LogP contribution in [0.2, 0.25) is 0 Å². The quantitative estimate of drug-likeness (QED) is 0.828. The largest absolute Gasteiger partial charge is 0.416 e. The molecule has 18 heavy (non-hydrogen) atoms. The first-order chi connectivity index (χ1) is 8.36. The van der Waals surface area contributed by atoms with E-state index in [1.54, 1.807) is 0 Å². The van der Waals surface area contributed by atoms with E-state index < -0.39 is 17.6 Å². The van der Waals surface area contributed by atoms with Crippen LogP contribution in [-0.2, 0) is 12.6 Å². The average molecular weight is 261 g/mol. The molecule has 0 atom stereocenters. The van der Waals surface area contributed by atoms with E-state index in [4.69, 9.17) is 5.73 Å². The first-order valence-corrected chi connectivity index (χ1v) is 5.92. The highest BCUT2D eigenvalue weighted by atomic mass is 19.4. The van der Waals surface area contributed by atoms with Crippen molar-refractivity contribution < 1.29 is 17.6 Å². The highest BCUT2D eigenvalue weighted by Crippen LogP contribution is 2.44. The summed E-state index contributed by atoms with van der Waals surface area (Å²) in [5, 5.41) is 0. The molecule has 0 radical (unpaired) electrons. The van der Waals surface area contributed by atoms with Crippen molar-refractivity contribution in [3.8, 4) is 0 Å². The summed E-state index contributed by atoms with van der Waals surface area (Å²) < 4.78 is 51.5. The highest BCUT2D eigenvalue weighted by molar-refractivity contribution is 5.32. The molecule has 0 saturated heterocycles. The van der Waals surface area contributed by atoms with Gasteiger partial charge in [-0.1, -0.05) is 12.5 Å². The molecule has 1 saturated carbocycles. The van der Waals surface area contributed by atoms with Gasteiger partial charge in [0.1, 0.15) is 5.82 Å². The number of hydrogen-bond acceptors (Lipinski definition) is 1. The Hall–Kier alpha value is -1.10. The van der Waals surface area contributed by atoms with E-state index in [9.17, 15) is 17.6 Å². The zero-order valence-corrected chi connectivity index (χ0v) is 9.86. The van der Waals surface area contributed by atoms with Gasteiger partial charge in [-0.2, -0.15) is 13.2 Å². The van der Waals surface area contributed by atoms with Gasteiger partial charge in [0.2, 0.25) is 0 Å². The van der Waals surface area contributed by atoms with Gasteiger partial charge < -0.3 is 5.73 Å². The van der Waals surface area contributed by atoms with Crippen LogP contribution in [-0.4, -0.2) is 6.54 Å². The molecule has 1 fully saturated rings. The molecule has 2 N–H and O–H groups in total. The highest BCUT2D eigenvalue weighted by Gasteiger charge is 2.39. The van der Waals surface area contributed by atoms with E-state index in [2.05, 4.69) is 0 Å². The summed E-state index contributed by atoms with van der Waals surface area (Å²) in [6.07, 6.45) is -1.55. The zero-order valence-electron chi connectivity index (χ0n) is 9.86. The van der Waals surface area contributed by atoms with Gasteiger partial charge in [0.25, 0.3) is 0 Å². The topological polar surface area (TPSA) is 26.0 Å². The third-order valence-electron chi connectivity index (χ3n) is 3.79. The first-order valence-electron chi connectivity index (χ1n) is 5.92. The van der Waals surface area contributed by atoms with Crippen molar-refractivity contribution in [1.29, 1.82) is 0 Å². The summed E-state index contributed by atoms with van der Waals surface area (Å²) in [5.74, 6) is -0.860. The van der Waals surface area contributed by atoms with Crippen LogP contribution in [0.5, 0.6) is 0 Å². The molecule has 2 rings (SSSR count). The molecule has 5 heteroatoms. The van der Waals surface area contributed by atoms with Crippen molar-refractivity contribution >= 4 is 0 Å². The van der Waals surface area contributed by atoms with Crippen molar-refractivity contribution in [2.45, 2.75) is 31.9 Å². The Bertz CT molecular complexity index is 430. The van der Waals surface area contributed by atoms with Gasteiger partial charge in [-0.15, -0.1) is 0 Å². The molecular formula is C13H15F4N. The molecule has 1 aliphatic carbocycles. The minimum Gasteiger partial charge on any atom is -0.330 e. The average Bonchev–Trinajstić information content (AvgIpc) is 2.24. The fourth-order valence-electron chi connectivity index (χ4n) is 2.50. The Morgan fingerprint density at radius 2 is 1.89 bits per heavy atom. The summed E-state index contributed by atoms with van der Waals surface area (Å²) in [6, 6.07) is 2.87. The van der Waals surface area contributed by atoms with Crippen LogP contribution in [0.25, 0.3) is 0 Å². The molecule has 0 aliphatic heterocycles. The summed E-state index contributed by atoms with van der Waals surface area (Å²) in [4.78, 5) is 0. The summed E-state index contributed by atoms with van der Waals surface area (Å²) in [6.45, 7) is 0.377. The lowest BCUT2D eigenvalue weighted by molar-refractivity contribution is -0.138. The summed E-state index contributed by atoms with van der Waals surface area (Å²) in [7, 11) is 0. The lowest BCUT2D eigenvalue weighted by atomic mass is 9.65. The predicted octanol–water partition coefficient (Wildman–Crippen LogP) is 3.52. The Morgan fingerprint density at radius 3 is 2.33 bits per heavy atom. The van der Waals surface area contributed by atoms with Crippen LogP contribution in [0.3, 0.4) is 0 Å². The van der Waals surface area contributed by atoms with Crippen molar-refractivity contribution in [2.75, 3.05) is 6.54 Å². The molecule has 1 nitrogen and oxygen atoms in total. The van der Waals surface area contributed by atoms with Gasteiger partial charge in [0.05, 0.1) is 5.56 Å². The maximum absolute atomic E-state index is 13.0. The number of halogens is 4. The Balaban J connectivity index is 2.32. The van der Waals surface area contributed by atoms with Gasteiger partial charge >= 0.3 is 6.18 Å². The molecular weight excluding hydrogens is 246 g/mol. The minimum absolute atomic E-state index is 0.147. The van der Waals surface area contributed by atoms with Crippen LogP contribution in [0.15, 0.2) is 18.2 Å². The Kier molecular flexibility index (Phi) is 3.36. The van der Waals surface area contributed by atoms with Crippen LogP contribution in [0.1, 0.15) is 30.4 Å². The first kappa shape index (κ1) is 13.3. The van der Waals surface area contributed by atoms with Gasteiger partial charge in [-0.3, -0.25) is 0 Å². The molecule has 0 bridgehead atoms. The van der Waals surface area contributed by atoms with Crippen molar-refractivity contribution in [3.05, 3.63) is 35.1 Å². The van der Waals surface area contributed by atoms with E-state index in [0.29, 0.717) is 12.6 Å². The van der Waals surface area contributed by atoms with Crippen LogP contribution < -0.4 is 5.73 Å². The lowest BCUT2D eigenvalue weighted by Crippen LogP contribution is -2.39. The normalized spacial score (nSPS) is 18.5. The van der Waals surface area contributed by atoms with E-state index in [1.165, 1.54) is 6.07 Å². The number of alkyl halides is 3. The second-order valence-electron chi connectivity index (χ2n) is 5.03. The second kappa shape index (κ2) is 4.53. The maximum atomic E-state index is 13.0. The maximum Gasteiger partial charge on any atom is 0.416 e. The number of rotatable bonds is 3. The molecule has 0 aromatic heterocycles. The Labute approximate surface area is 103 Å². The third kappa shape index (κ3) is 2.51. The molecule has 0 unspecified atom stereocenters. The molecule has 1 aromatic rings. The molecule has 0 heterocycles. The van der Waals surface area contributed by atoms with Gasteiger partial charge in [0.15, 0.2) is 0 Å². The molecule has 0 amide bonds. The van der Waals surface area contributed by atoms with E-state index >= 15 is 0 Å². The van der Waals surface area contributed by atoms with Gasteiger partial charge in [-0.25, -0.2) is 4.39 Å². The number of nitrogens with two attached hydrogens (primary N) is 1. The summed E-state index contributed by atoms with van der Waals surface area (Å²) in [5.41, 5.74) is 4.70. The molecule has 1 aromatic carbocycles. The van der Waals surface area contributed by atoms with Gasteiger partial charge in [0, 0.05) is 0 Å². The standard InChI is InChI=1S/C13H15F4N/c14-10-3-2-9(11(6-10)13(15,16)17)7-12(8-18)4-1-5-12/h2-3,6H,1,4-5,7-8,18H2. The van der Waals surface area contributed by atoms with Crippen LogP contribution in [0.4, 0.5) is 17.6 Å². The second-order valence-corrected chi connectivity index (χ2v) is 5.03. The number of benzene rings is 1. The zero-order chi connectivity index (χ0) is 13.4. The van der Waals surface area contributed by atoms with Crippen molar-refractivity contribution in [3.63, 3.8) is 0 Å². The van der Waals surface area contributed by atoms with Crippen molar-refractivity contribution in [2.24, 2.45) is 11.1 Å². The van der Waals surface area contributed by atoms with E-state index in [0.717, 1.165) is 25.3 Å². The fourth-order valence-corrected chi connectivity index (χ4v) is 2.50. The van der Waals surface area contributed by atoms with E-state index in [1.807, 2.05) is 0 Å². The minimum atomic E-state index is -4.52. The molecule has 100 valence electrons.